The van der Waals surface area contributed by atoms with Crippen LogP contribution in [0.4, 0.5) is 0 Å². The minimum absolute atomic E-state index is 0.133. The van der Waals surface area contributed by atoms with E-state index in [2.05, 4.69) is 36.1 Å². The van der Waals surface area contributed by atoms with Crippen LogP contribution in [0.1, 0.15) is 83.3 Å². The van der Waals surface area contributed by atoms with Crippen LogP contribution in [0.3, 0.4) is 0 Å². The number of aliphatic hydroxyl groups excluding tert-OH is 1. The molecule has 4 unspecified atom stereocenters. The third-order valence-corrected chi connectivity index (χ3v) is 5.86. The summed E-state index contributed by atoms with van der Waals surface area (Å²) in [4.78, 5) is 11.6. The van der Waals surface area contributed by atoms with Gasteiger partial charge in [0.05, 0.1) is 12.7 Å². The highest BCUT2D eigenvalue weighted by atomic mass is 16.5. The quantitative estimate of drug-likeness (QED) is 0.318. The number of hydrogen-bond acceptors (Lipinski definition) is 4. The SMILES string of the molecule is CC.CC#CCCC(O)/C=C/C1CCC2Oc3c(CCCC(=O)OCC)cccc3C12. The first kappa shape index (κ1) is 25.0. The fourth-order valence-corrected chi connectivity index (χ4v) is 4.50. The van der Waals surface area contributed by atoms with Crippen molar-refractivity contribution in [3.05, 3.63) is 41.5 Å². The van der Waals surface area contributed by atoms with E-state index in [9.17, 15) is 9.90 Å². The number of carbonyl (C=O) groups excluding carboxylic acids is 1. The van der Waals surface area contributed by atoms with Gasteiger partial charge in [-0.1, -0.05) is 44.2 Å². The number of esters is 1. The van der Waals surface area contributed by atoms with Gasteiger partial charge in [0.1, 0.15) is 11.9 Å². The van der Waals surface area contributed by atoms with E-state index in [4.69, 9.17) is 9.47 Å². The lowest BCUT2D eigenvalue weighted by atomic mass is 9.87. The molecule has 1 aromatic rings. The molecule has 0 saturated heterocycles. The standard InChI is InChI=1S/C25H32O4.C2H6/c1-3-5-6-11-20(26)16-14-18-15-17-22-24(18)21-12-7-9-19(25(21)29-22)10-8-13-23(27)28-4-2;1-2/h7,9,12,14,16,18,20,22,24,26H,4,6,8,10-11,13,15,17H2,1-2H3;1-2H3/b16-14+;. The first-order valence-electron chi connectivity index (χ1n) is 11.8. The molecule has 0 radical (unpaired) electrons. The van der Waals surface area contributed by atoms with Crippen molar-refractivity contribution in [2.24, 2.45) is 5.92 Å². The van der Waals surface area contributed by atoms with Crippen LogP contribution in [0.15, 0.2) is 30.4 Å². The number of allylic oxidation sites excluding steroid dienone is 1. The Hall–Kier alpha value is -2.25. The number of aliphatic hydroxyl groups is 1. The molecular formula is C27H38O4. The predicted octanol–water partition coefficient (Wildman–Crippen LogP) is 5.57. The zero-order valence-corrected chi connectivity index (χ0v) is 19.5. The fraction of sp³-hybridized carbons (Fsp3) is 0.593. The molecule has 4 heteroatoms. The van der Waals surface area contributed by atoms with E-state index >= 15 is 0 Å². The van der Waals surface area contributed by atoms with Gasteiger partial charge in [0.25, 0.3) is 0 Å². The van der Waals surface area contributed by atoms with Gasteiger partial charge in [-0.25, -0.2) is 0 Å². The van der Waals surface area contributed by atoms with E-state index in [1.807, 2.05) is 33.8 Å². The number of carbonyl (C=O) groups is 1. The van der Waals surface area contributed by atoms with Gasteiger partial charge in [-0.3, -0.25) is 4.79 Å². The minimum Gasteiger partial charge on any atom is -0.489 e. The topological polar surface area (TPSA) is 55.8 Å². The summed E-state index contributed by atoms with van der Waals surface area (Å²) in [7, 11) is 0. The summed E-state index contributed by atoms with van der Waals surface area (Å²) in [6, 6.07) is 6.38. The summed E-state index contributed by atoms with van der Waals surface area (Å²) in [6.07, 6.45) is 9.44. The summed E-state index contributed by atoms with van der Waals surface area (Å²) >= 11 is 0. The molecule has 1 saturated carbocycles. The van der Waals surface area contributed by atoms with Crippen molar-refractivity contribution in [1.29, 1.82) is 0 Å². The molecule has 1 aromatic carbocycles. The molecule has 170 valence electrons. The fourth-order valence-electron chi connectivity index (χ4n) is 4.50. The lowest BCUT2D eigenvalue weighted by Crippen LogP contribution is -2.15. The molecule has 3 rings (SSSR count). The Bertz CT molecular complexity index is 786. The molecule has 1 aliphatic heterocycles. The first-order chi connectivity index (χ1) is 15.1. The number of aryl methyl sites for hydroxylation is 1. The third-order valence-electron chi connectivity index (χ3n) is 5.86. The Labute approximate surface area is 188 Å². The van der Waals surface area contributed by atoms with Crippen molar-refractivity contribution < 1.29 is 19.4 Å². The second-order valence-corrected chi connectivity index (χ2v) is 7.84. The van der Waals surface area contributed by atoms with Crippen LogP contribution < -0.4 is 4.74 Å². The molecule has 0 bridgehead atoms. The molecule has 31 heavy (non-hydrogen) atoms. The van der Waals surface area contributed by atoms with Crippen LogP contribution in [-0.2, 0) is 16.0 Å². The zero-order chi connectivity index (χ0) is 22.6. The molecule has 4 nitrogen and oxygen atoms in total. The average Bonchev–Trinajstić information content (AvgIpc) is 3.34. The number of para-hydroxylation sites is 1. The molecule has 0 spiro atoms. The highest BCUT2D eigenvalue weighted by Crippen LogP contribution is 2.51. The van der Waals surface area contributed by atoms with E-state index in [1.54, 1.807) is 0 Å². The van der Waals surface area contributed by atoms with Gasteiger partial charge < -0.3 is 14.6 Å². The predicted molar refractivity (Wildman–Crippen MR) is 125 cm³/mol. The number of fused-ring (bicyclic) bond motifs is 3. The van der Waals surface area contributed by atoms with Gasteiger partial charge in [0, 0.05) is 24.3 Å². The summed E-state index contributed by atoms with van der Waals surface area (Å²) in [5.41, 5.74) is 2.46. The number of hydrogen-bond donors (Lipinski definition) is 1. The molecule has 1 N–H and O–H groups in total. The Balaban J connectivity index is 0.00000166. The molecule has 0 amide bonds. The van der Waals surface area contributed by atoms with Crippen LogP contribution in [0.5, 0.6) is 5.75 Å². The van der Waals surface area contributed by atoms with Crippen molar-refractivity contribution in [1.82, 2.24) is 0 Å². The van der Waals surface area contributed by atoms with Crippen molar-refractivity contribution in [2.75, 3.05) is 6.61 Å². The van der Waals surface area contributed by atoms with Crippen molar-refractivity contribution in [3.8, 4) is 17.6 Å². The van der Waals surface area contributed by atoms with Gasteiger partial charge in [-0.2, -0.15) is 0 Å². The highest BCUT2D eigenvalue weighted by molar-refractivity contribution is 5.69. The molecule has 1 aliphatic carbocycles. The van der Waals surface area contributed by atoms with Crippen LogP contribution in [0.25, 0.3) is 0 Å². The van der Waals surface area contributed by atoms with E-state index < -0.39 is 6.10 Å². The largest absolute Gasteiger partial charge is 0.489 e. The zero-order valence-electron chi connectivity index (χ0n) is 19.5. The summed E-state index contributed by atoms with van der Waals surface area (Å²) in [5, 5.41) is 10.2. The van der Waals surface area contributed by atoms with Gasteiger partial charge >= 0.3 is 5.97 Å². The van der Waals surface area contributed by atoms with Crippen molar-refractivity contribution in [3.63, 3.8) is 0 Å². The average molecular weight is 427 g/mol. The molecule has 1 fully saturated rings. The second-order valence-electron chi connectivity index (χ2n) is 7.84. The van der Waals surface area contributed by atoms with Crippen molar-refractivity contribution >= 4 is 5.97 Å². The van der Waals surface area contributed by atoms with Crippen LogP contribution in [-0.4, -0.2) is 29.9 Å². The van der Waals surface area contributed by atoms with Crippen LogP contribution >= 0.6 is 0 Å². The number of ether oxygens (including phenoxy) is 2. The minimum atomic E-state index is -0.439. The molecule has 0 aromatic heterocycles. The van der Waals surface area contributed by atoms with E-state index in [0.29, 0.717) is 31.3 Å². The van der Waals surface area contributed by atoms with Gasteiger partial charge in [0.2, 0.25) is 0 Å². The second kappa shape index (κ2) is 13.2. The Morgan fingerprint density at radius 1 is 1.35 bits per heavy atom. The molecule has 4 atom stereocenters. The number of benzene rings is 1. The maximum absolute atomic E-state index is 11.6. The lowest BCUT2D eigenvalue weighted by molar-refractivity contribution is -0.143. The number of rotatable bonds is 9. The Morgan fingerprint density at radius 2 is 2.16 bits per heavy atom. The highest BCUT2D eigenvalue weighted by Gasteiger charge is 2.44. The first-order valence-corrected chi connectivity index (χ1v) is 11.8. The summed E-state index contributed by atoms with van der Waals surface area (Å²) in [5.74, 6) is 7.50. The molecular weight excluding hydrogens is 388 g/mol. The monoisotopic (exact) mass is 426 g/mol. The maximum atomic E-state index is 11.6. The molecule has 2 aliphatic rings. The smallest absolute Gasteiger partial charge is 0.305 e. The summed E-state index contributed by atoms with van der Waals surface area (Å²) in [6.45, 7) is 8.09. The molecule has 1 heterocycles. The lowest BCUT2D eigenvalue weighted by Gasteiger charge is -2.15. The van der Waals surface area contributed by atoms with Gasteiger partial charge in [-0.15, -0.1) is 11.8 Å². The van der Waals surface area contributed by atoms with Crippen LogP contribution in [0.2, 0.25) is 0 Å². The van der Waals surface area contributed by atoms with E-state index in [-0.39, 0.29) is 12.1 Å². The third kappa shape index (κ3) is 6.87. The maximum Gasteiger partial charge on any atom is 0.305 e. The Morgan fingerprint density at radius 3 is 2.90 bits per heavy atom. The van der Waals surface area contributed by atoms with Gasteiger partial charge in [-0.05, 0) is 57.4 Å². The Kier molecular flexibility index (Phi) is 10.7. The van der Waals surface area contributed by atoms with E-state index in [0.717, 1.165) is 37.9 Å². The summed E-state index contributed by atoms with van der Waals surface area (Å²) < 4.78 is 11.4. The van der Waals surface area contributed by atoms with Gasteiger partial charge in [0.15, 0.2) is 0 Å². The van der Waals surface area contributed by atoms with Crippen LogP contribution in [0, 0.1) is 17.8 Å². The normalized spacial score (nSPS) is 21.8. The van der Waals surface area contributed by atoms with Crippen molar-refractivity contribution in [2.45, 2.75) is 90.8 Å². The van der Waals surface area contributed by atoms with E-state index in [1.165, 1.54) is 11.1 Å².